The van der Waals surface area contributed by atoms with Gasteiger partial charge in [-0.1, -0.05) is 61.9 Å². The van der Waals surface area contributed by atoms with E-state index in [9.17, 15) is 0 Å². The molecule has 1 aromatic heterocycles. The van der Waals surface area contributed by atoms with Crippen molar-refractivity contribution in [2.75, 3.05) is 0 Å². The van der Waals surface area contributed by atoms with E-state index in [0.717, 1.165) is 19.3 Å². The summed E-state index contributed by atoms with van der Waals surface area (Å²) in [6.45, 7) is 8.75. The van der Waals surface area contributed by atoms with Gasteiger partial charge in [0.15, 0.2) is 0 Å². The molecule has 2 nitrogen and oxygen atoms in total. The summed E-state index contributed by atoms with van der Waals surface area (Å²) in [4.78, 5) is 0. The molecule has 3 aromatic rings. The van der Waals surface area contributed by atoms with Gasteiger partial charge < -0.3 is 9.30 Å². The fourth-order valence-corrected chi connectivity index (χ4v) is 4.46. The minimum absolute atomic E-state index is 0.147. The SMILES string of the molecule is CCCc1c2n(c3ccccc13)C(c1ccccc1)CC2OC(C)(C)C. The Morgan fingerprint density at radius 3 is 2.38 bits per heavy atom. The molecule has 0 aliphatic carbocycles. The normalized spacial score (nSPS) is 19.8. The van der Waals surface area contributed by atoms with Crippen LogP contribution in [0.3, 0.4) is 0 Å². The van der Waals surface area contributed by atoms with Crippen molar-refractivity contribution in [1.29, 1.82) is 0 Å². The van der Waals surface area contributed by atoms with Gasteiger partial charge in [-0.05, 0) is 44.4 Å². The summed E-state index contributed by atoms with van der Waals surface area (Å²) in [6.07, 6.45) is 3.42. The standard InChI is InChI=1S/C24H29NO/c1-5-11-19-18-14-9-10-15-20(18)25-21(17-12-7-6-8-13-17)16-22(23(19)25)26-24(2,3)4/h6-10,12-15,21-22H,5,11,16H2,1-4H3. The topological polar surface area (TPSA) is 14.2 Å². The molecule has 2 heterocycles. The molecular formula is C24H29NO. The Labute approximate surface area is 156 Å². The second kappa shape index (κ2) is 6.59. The van der Waals surface area contributed by atoms with Crippen LogP contribution < -0.4 is 0 Å². The summed E-state index contributed by atoms with van der Waals surface area (Å²) in [6, 6.07) is 20.1. The lowest BCUT2D eigenvalue weighted by atomic mass is 9.98. The van der Waals surface area contributed by atoms with E-state index < -0.39 is 0 Å². The van der Waals surface area contributed by atoms with Crippen molar-refractivity contribution in [2.45, 2.75) is 64.7 Å². The Hall–Kier alpha value is -2.06. The maximum atomic E-state index is 6.57. The van der Waals surface area contributed by atoms with Crippen LogP contribution in [-0.4, -0.2) is 10.2 Å². The molecule has 0 saturated heterocycles. The third-order valence-electron chi connectivity index (χ3n) is 5.29. The number of benzene rings is 2. The van der Waals surface area contributed by atoms with Gasteiger partial charge in [-0.3, -0.25) is 0 Å². The summed E-state index contributed by atoms with van der Waals surface area (Å²) in [5.74, 6) is 0. The van der Waals surface area contributed by atoms with Crippen molar-refractivity contribution >= 4 is 10.9 Å². The lowest BCUT2D eigenvalue weighted by molar-refractivity contribution is -0.0619. The van der Waals surface area contributed by atoms with Crippen molar-refractivity contribution in [3.63, 3.8) is 0 Å². The van der Waals surface area contributed by atoms with E-state index in [4.69, 9.17) is 4.74 Å². The lowest BCUT2D eigenvalue weighted by Gasteiger charge is -2.25. The Kier molecular flexibility index (Phi) is 4.40. The highest BCUT2D eigenvalue weighted by atomic mass is 16.5. The quantitative estimate of drug-likeness (QED) is 0.529. The minimum atomic E-state index is -0.152. The number of ether oxygens (including phenoxy) is 1. The van der Waals surface area contributed by atoms with Crippen LogP contribution >= 0.6 is 0 Å². The summed E-state index contributed by atoms with van der Waals surface area (Å²) in [7, 11) is 0. The van der Waals surface area contributed by atoms with E-state index in [0.29, 0.717) is 6.04 Å². The van der Waals surface area contributed by atoms with Crippen LogP contribution in [0.5, 0.6) is 0 Å². The van der Waals surface area contributed by atoms with Crippen LogP contribution in [0.25, 0.3) is 10.9 Å². The Bertz CT molecular complexity index is 901. The number of aryl methyl sites for hydroxylation is 1. The van der Waals surface area contributed by atoms with Gasteiger partial charge in [0.05, 0.1) is 17.3 Å². The van der Waals surface area contributed by atoms with E-state index in [1.165, 1.54) is 27.7 Å². The van der Waals surface area contributed by atoms with Crippen LogP contribution in [0.1, 0.15) is 69.5 Å². The molecule has 2 heteroatoms. The van der Waals surface area contributed by atoms with Crippen molar-refractivity contribution in [1.82, 2.24) is 4.57 Å². The van der Waals surface area contributed by atoms with Crippen molar-refractivity contribution in [3.8, 4) is 0 Å². The average molecular weight is 348 g/mol. The number of rotatable bonds is 4. The first-order valence-electron chi connectivity index (χ1n) is 9.84. The number of aromatic nitrogens is 1. The van der Waals surface area contributed by atoms with Gasteiger partial charge in [0.1, 0.15) is 6.10 Å². The van der Waals surface area contributed by atoms with Gasteiger partial charge in [0.2, 0.25) is 0 Å². The van der Waals surface area contributed by atoms with Crippen LogP contribution in [0.15, 0.2) is 54.6 Å². The van der Waals surface area contributed by atoms with Crippen molar-refractivity contribution < 1.29 is 4.74 Å². The number of hydrogen-bond acceptors (Lipinski definition) is 1. The van der Waals surface area contributed by atoms with Crippen molar-refractivity contribution in [3.05, 3.63) is 71.4 Å². The monoisotopic (exact) mass is 347 g/mol. The Morgan fingerprint density at radius 1 is 1.00 bits per heavy atom. The highest BCUT2D eigenvalue weighted by molar-refractivity contribution is 5.86. The van der Waals surface area contributed by atoms with Crippen molar-refractivity contribution in [2.24, 2.45) is 0 Å². The van der Waals surface area contributed by atoms with Gasteiger partial charge >= 0.3 is 0 Å². The summed E-state index contributed by atoms with van der Waals surface area (Å²) >= 11 is 0. The second-order valence-electron chi connectivity index (χ2n) is 8.38. The zero-order chi connectivity index (χ0) is 18.3. The number of fused-ring (bicyclic) bond motifs is 3. The number of para-hydroxylation sites is 1. The predicted molar refractivity (Wildman–Crippen MR) is 109 cm³/mol. The molecule has 0 radical (unpaired) electrons. The molecule has 2 aromatic carbocycles. The first-order chi connectivity index (χ1) is 12.5. The lowest BCUT2D eigenvalue weighted by Crippen LogP contribution is -2.22. The molecule has 0 saturated carbocycles. The maximum Gasteiger partial charge on any atom is 0.101 e. The molecule has 2 unspecified atom stereocenters. The highest BCUT2D eigenvalue weighted by Gasteiger charge is 2.38. The van der Waals surface area contributed by atoms with E-state index in [1.54, 1.807) is 0 Å². The second-order valence-corrected chi connectivity index (χ2v) is 8.38. The first kappa shape index (κ1) is 17.4. The summed E-state index contributed by atoms with van der Waals surface area (Å²) in [5.41, 5.74) is 5.45. The smallest absolute Gasteiger partial charge is 0.101 e. The molecule has 1 aliphatic heterocycles. The highest BCUT2D eigenvalue weighted by Crippen LogP contribution is 2.48. The molecule has 26 heavy (non-hydrogen) atoms. The van der Waals surface area contributed by atoms with Gasteiger partial charge in [0, 0.05) is 17.3 Å². The Balaban J connectivity index is 1.94. The molecule has 136 valence electrons. The number of hydrogen-bond donors (Lipinski definition) is 0. The van der Waals surface area contributed by atoms with E-state index in [1.807, 2.05) is 0 Å². The summed E-state index contributed by atoms with van der Waals surface area (Å²) < 4.78 is 9.13. The molecule has 2 atom stereocenters. The first-order valence-corrected chi connectivity index (χ1v) is 9.84. The molecule has 0 amide bonds. The zero-order valence-electron chi connectivity index (χ0n) is 16.3. The third-order valence-corrected chi connectivity index (χ3v) is 5.29. The fraction of sp³-hybridized carbons (Fsp3) is 0.417. The molecule has 0 N–H and O–H groups in total. The minimum Gasteiger partial charge on any atom is -0.366 e. The van der Waals surface area contributed by atoms with E-state index >= 15 is 0 Å². The molecule has 0 fully saturated rings. The van der Waals surface area contributed by atoms with Gasteiger partial charge in [0.25, 0.3) is 0 Å². The summed E-state index contributed by atoms with van der Waals surface area (Å²) in [5, 5.41) is 1.40. The van der Waals surface area contributed by atoms with Gasteiger partial charge in [-0.2, -0.15) is 0 Å². The van der Waals surface area contributed by atoms with Crippen LogP contribution in [0.2, 0.25) is 0 Å². The fourth-order valence-electron chi connectivity index (χ4n) is 4.46. The van der Waals surface area contributed by atoms with Crippen LogP contribution in [-0.2, 0) is 11.2 Å². The molecule has 4 rings (SSSR count). The Morgan fingerprint density at radius 2 is 1.69 bits per heavy atom. The van der Waals surface area contributed by atoms with E-state index in [-0.39, 0.29) is 11.7 Å². The molecular weight excluding hydrogens is 318 g/mol. The zero-order valence-corrected chi connectivity index (χ0v) is 16.3. The molecule has 0 spiro atoms. The van der Waals surface area contributed by atoms with Crippen LogP contribution in [0, 0.1) is 0 Å². The number of nitrogens with zero attached hydrogens (tertiary/aromatic N) is 1. The largest absolute Gasteiger partial charge is 0.366 e. The van der Waals surface area contributed by atoms with Gasteiger partial charge in [-0.25, -0.2) is 0 Å². The average Bonchev–Trinajstić information content (AvgIpc) is 3.12. The third kappa shape index (κ3) is 2.97. The molecule has 0 bridgehead atoms. The van der Waals surface area contributed by atoms with Crippen LogP contribution in [0.4, 0.5) is 0 Å². The molecule has 1 aliphatic rings. The van der Waals surface area contributed by atoms with Gasteiger partial charge in [-0.15, -0.1) is 0 Å². The maximum absolute atomic E-state index is 6.57. The predicted octanol–water partition coefficient (Wildman–Crippen LogP) is 6.44. The van der Waals surface area contributed by atoms with E-state index in [2.05, 4.69) is 86.9 Å².